The van der Waals surface area contributed by atoms with E-state index in [-0.39, 0.29) is 5.91 Å². The predicted molar refractivity (Wildman–Crippen MR) is 101 cm³/mol. The molecule has 0 spiro atoms. The Morgan fingerprint density at radius 1 is 0.923 bits per heavy atom. The highest BCUT2D eigenvalue weighted by Crippen LogP contribution is 2.05. The second-order valence-corrected chi connectivity index (χ2v) is 5.85. The molecule has 0 aliphatic heterocycles. The number of amides is 1. The molecule has 0 saturated carbocycles. The minimum Gasteiger partial charge on any atom is -0.369 e. The average molecular weight is 347 g/mol. The number of aromatic nitrogens is 3. The number of hydrogen-bond acceptors (Lipinski definition) is 5. The zero-order chi connectivity index (χ0) is 18.0. The Kier molecular flexibility index (Phi) is 6.25. The van der Waals surface area contributed by atoms with Crippen LogP contribution in [0.2, 0.25) is 0 Å². The molecular weight excluding hydrogens is 326 g/mol. The van der Waals surface area contributed by atoms with Gasteiger partial charge in [-0.15, -0.1) is 0 Å². The Morgan fingerprint density at radius 3 is 2.50 bits per heavy atom. The van der Waals surface area contributed by atoms with Gasteiger partial charge in [-0.05, 0) is 30.0 Å². The topological polar surface area (TPSA) is 79.8 Å². The lowest BCUT2D eigenvalue weighted by Crippen LogP contribution is -2.24. The molecule has 0 bridgehead atoms. The van der Waals surface area contributed by atoms with Gasteiger partial charge in [0.15, 0.2) is 0 Å². The van der Waals surface area contributed by atoms with Gasteiger partial charge in [0, 0.05) is 25.5 Å². The summed E-state index contributed by atoms with van der Waals surface area (Å²) in [5.41, 5.74) is 2.55. The monoisotopic (exact) mass is 347 g/mol. The van der Waals surface area contributed by atoms with Gasteiger partial charge in [-0.25, -0.2) is 9.97 Å². The molecular formula is C20H21N5O. The van der Waals surface area contributed by atoms with Crippen molar-refractivity contribution in [3.8, 4) is 0 Å². The van der Waals surface area contributed by atoms with Gasteiger partial charge in [-0.3, -0.25) is 9.78 Å². The fraction of sp³-hybridized carbons (Fsp3) is 0.200. The zero-order valence-corrected chi connectivity index (χ0v) is 14.4. The van der Waals surface area contributed by atoms with E-state index in [0.717, 1.165) is 24.9 Å². The fourth-order valence-corrected chi connectivity index (χ4v) is 2.47. The van der Waals surface area contributed by atoms with Crippen LogP contribution in [0.15, 0.2) is 67.3 Å². The molecule has 26 heavy (non-hydrogen) atoms. The van der Waals surface area contributed by atoms with Crippen molar-refractivity contribution in [3.05, 3.63) is 84.1 Å². The first kappa shape index (κ1) is 17.5. The van der Waals surface area contributed by atoms with Crippen LogP contribution in [0.5, 0.6) is 0 Å². The summed E-state index contributed by atoms with van der Waals surface area (Å²) in [5, 5.41) is 6.03. The van der Waals surface area contributed by atoms with E-state index in [0.29, 0.717) is 18.1 Å². The van der Waals surface area contributed by atoms with Crippen LogP contribution in [0.4, 0.5) is 5.82 Å². The van der Waals surface area contributed by atoms with Crippen LogP contribution < -0.4 is 10.6 Å². The molecule has 0 saturated heterocycles. The smallest absolute Gasteiger partial charge is 0.271 e. The summed E-state index contributed by atoms with van der Waals surface area (Å²) in [6.45, 7) is 1.21. The molecule has 0 atom stereocenters. The van der Waals surface area contributed by atoms with E-state index in [2.05, 4.69) is 37.7 Å². The molecule has 2 heterocycles. The Morgan fingerprint density at radius 2 is 1.77 bits per heavy atom. The van der Waals surface area contributed by atoms with Crippen molar-refractivity contribution < 1.29 is 4.79 Å². The molecule has 1 amide bonds. The number of pyridine rings is 1. The van der Waals surface area contributed by atoms with E-state index < -0.39 is 0 Å². The molecule has 0 radical (unpaired) electrons. The van der Waals surface area contributed by atoms with Gasteiger partial charge in [-0.2, -0.15) is 0 Å². The van der Waals surface area contributed by atoms with E-state index in [4.69, 9.17) is 0 Å². The summed E-state index contributed by atoms with van der Waals surface area (Å²) >= 11 is 0. The van der Waals surface area contributed by atoms with Crippen LogP contribution in [0, 0.1) is 0 Å². The Bertz CT molecular complexity index is 807. The van der Waals surface area contributed by atoms with Crippen molar-refractivity contribution in [2.24, 2.45) is 0 Å². The van der Waals surface area contributed by atoms with Crippen LogP contribution in [0.3, 0.4) is 0 Å². The van der Waals surface area contributed by atoms with Gasteiger partial charge in [0.25, 0.3) is 5.91 Å². The zero-order valence-electron chi connectivity index (χ0n) is 14.4. The highest BCUT2D eigenvalue weighted by atomic mass is 16.1. The number of carbonyl (C=O) groups is 1. The van der Waals surface area contributed by atoms with Crippen molar-refractivity contribution >= 4 is 11.7 Å². The second-order valence-electron chi connectivity index (χ2n) is 5.85. The van der Waals surface area contributed by atoms with Crippen molar-refractivity contribution in [3.63, 3.8) is 0 Å². The summed E-state index contributed by atoms with van der Waals surface area (Å²) in [4.78, 5) is 24.5. The molecule has 0 unspecified atom stereocenters. The molecule has 0 fully saturated rings. The van der Waals surface area contributed by atoms with Crippen LogP contribution in [0.25, 0.3) is 0 Å². The average Bonchev–Trinajstić information content (AvgIpc) is 2.71. The third-order valence-corrected chi connectivity index (χ3v) is 3.85. The van der Waals surface area contributed by atoms with E-state index in [1.165, 1.54) is 11.8 Å². The molecule has 1 aromatic carbocycles. The number of benzene rings is 1. The van der Waals surface area contributed by atoms with Gasteiger partial charge in [0.05, 0.1) is 12.4 Å². The second kappa shape index (κ2) is 9.27. The lowest BCUT2D eigenvalue weighted by atomic mass is 10.1. The number of carbonyl (C=O) groups excluding carboxylic acids is 1. The van der Waals surface area contributed by atoms with Crippen LogP contribution in [-0.2, 0) is 13.0 Å². The van der Waals surface area contributed by atoms with Crippen LogP contribution in [0.1, 0.15) is 28.0 Å². The fourth-order valence-electron chi connectivity index (χ4n) is 2.47. The Labute approximate surface area is 152 Å². The lowest BCUT2D eigenvalue weighted by Gasteiger charge is -2.07. The minimum atomic E-state index is -0.253. The quantitative estimate of drug-likeness (QED) is 0.613. The molecule has 2 aromatic heterocycles. The summed E-state index contributed by atoms with van der Waals surface area (Å²) in [7, 11) is 0. The van der Waals surface area contributed by atoms with Crippen molar-refractivity contribution in [2.45, 2.75) is 19.4 Å². The first-order valence-electron chi connectivity index (χ1n) is 8.58. The maximum atomic E-state index is 12.1. The van der Waals surface area contributed by atoms with E-state index in [9.17, 15) is 4.79 Å². The number of rotatable bonds is 8. The maximum absolute atomic E-state index is 12.1. The number of hydrogen-bond donors (Lipinski definition) is 2. The molecule has 0 aliphatic rings. The summed E-state index contributed by atoms with van der Waals surface area (Å²) in [6.07, 6.45) is 8.49. The molecule has 0 aliphatic carbocycles. The van der Waals surface area contributed by atoms with Crippen LogP contribution >= 0.6 is 0 Å². The molecule has 3 rings (SSSR count). The maximum Gasteiger partial charge on any atom is 0.271 e. The van der Waals surface area contributed by atoms with E-state index in [1.54, 1.807) is 18.6 Å². The standard InChI is InChI=1S/C20H21N5O/c26-20(25-13-17-9-4-10-21-12-17)18-14-24-19(15-23-18)22-11-5-8-16-6-2-1-3-7-16/h1-4,6-7,9-10,12,14-15H,5,8,11,13H2,(H,22,24)(H,25,26). The van der Waals surface area contributed by atoms with Crippen molar-refractivity contribution in [1.82, 2.24) is 20.3 Å². The van der Waals surface area contributed by atoms with Gasteiger partial charge >= 0.3 is 0 Å². The predicted octanol–water partition coefficient (Wildman–Crippen LogP) is 2.85. The van der Waals surface area contributed by atoms with Gasteiger partial charge < -0.3 is 10.6 Å². The van der Waals surface area contributed by atoms with E-state index >= 15 is 0 Å². The van der Waals surface area contributed by atoms with Crippen LogP contribution in [-0.4, -0.2) is 27.4 Å². The molecule has 3 aromatic rings. The number of aryl methyl sites for hydroxylation is 1. The van der Waals surface area contributed by atoms with E-state index in [1.807, 2.05) is 30.3 Å². The van der Waals surface area contributed by atoms with Gasteiger partial charge in [-0.1, -0.05) is 36.4 Å². The molecule has 132 valence electrons. The number of anilines is 1. The summed E-state index contributed by atoms with van der Waals surface area (Å²) in [5.74, 6) is 0.416. The number of nitrogens with zero attached hydrogens (tertiary/aromatic N) is 3. The summed E-state index contributed by atoms with van der Waals surface area (Å²) < 4.78 is 0. The van der Waals surface area contributed by atoms with Crippen molar-refractivity contribution in [1.29, 1.82) is 0 Å². The third-order valence-electron chi connectivity index (χ3n) is 3.85. The van der Waals surface area contributed by atoms with Gasteiger partial charge in [0.2, 0.25) is 0 Å². The number of nitrogens with one attached hydrogen (secondary N) is 2. The Balaban J connectivity index is 1.42. The largest absolute Gasteiger partial charge is 0.369 e. The van der Waals surface area contributed by atoms with Crippen molar-refractivity contribution in [2.75, 3.05) is 11.9 Å². The SMILES string of the molecule is O=C(NCc1cccnc1)c1cnc(NCCCc2ccccc2)cn1. The highest BCUT2D eigenvalue weighted by molar-refractivity contribution is 5.91. The first-order valence-corrected chi connectivity index (χ1v) is 8.58. The highest BCUT2D eigenvalue weighted by Gasteiger charge is 2.07. The molecule has 2 N–H and O–H groups in total. The normalized spacial score (nSPS) is 10.3. The van der Waals surface area contributed by atoms with Gasteiger partial charge in [0.1, 0.15) is 11.5 Å². The summed E-state index contributed by atoms with van der Waals surface area (Å²) in [6, 6.07) is 14.1. The third kappa shape index (κ3) is 5.37. The Hall–Kier alpha value is -3.28. The molecule has 6 heteroatoms. The molecule has 6 nitrogen and oxygen atoms in total. The lowest BCUT2D eigenvalue weighted by molar-refractivity contribution is 0.0945. The first-order chi connectivity index (χ1) is 12.8. The minimum absolute atomic E-state index is 0.253.